The van der Waals surface area contributed by atoms with Crippen LogP contribution in [0.15, 0.2) is 48.5 Å². The monoisotopic (exact) mass is 534 g/mol. The molecular formula is C30H34N2O5S. The van der Waals surface area contributed by atoms with Crippen molar-refractivity contribution in [3.05, 3.63) is 75.7 Å². The molecule has 1 heterocycles. The van der Waals surface area contributed by atoms with E-state index in [0.29, 0.717) is 33.5 Å². The van der Waals surface area contributed by atoms with Crippen molar-refractivity contribution in [1.82, 2.24) is 0 Å². The molecule has 2 unspecified atom stereocenters. The molecule has 1 aliphatic carbocycles. The fraction of sp³-hybridized carbons (Fsp3) is 0.367. The Morgan fingerprint density at radius 2 is 1.74 bits per heavy atom. The molecule has 0 bridgehead atoms. The van der Waals surface area contributed by atoms with Crippen molar-refractivity contribution in [2.75, 3.05) is 17.2 Å². The highest BCUT2D eigenvalue weighted by Crippen LogP contribution is 2.40. The van der Waals surface area contributed by atoms with Gasteiger partial charge in [0.25, 0.3) is 11.8 Å². The summed E-state index contributed by atoms with van der Waals surface area (Å²) in [6, 6.07) is 14.3. The van der Waals surface area contributed by atoms with Crippen LogP contribution < -0.4 is 15.4 Å². The first-order chi connectivity index (χ1) is 18.3. The topological polar surface area (TPSA) is 93.7 Å². The maximum Gasteiger partial charge on any atom is 0.341 e. The Balaban J connectivity index is 1.40. The van der Waals surface area contributed by atoms with E-state index in [2.05, 4.69) is 24.5 Å². The van der Waals surface area contributed by atoms with Crippen molar-refractivity contribution < 1.29 is 23.9 Å². The van der Waals surface area contributed by atoms with Crippen LogP contribution in [-0.4, -0.2) is 30.5 Å². The van der Waals surface area contributed by atoms with Crippen LogP contribution in [0.4, 0.5) is 10.7 Å². The summed E-state index contributed by atoms with van der Waals surface area (Å²) in [7, 11) is 0. The average Bonchev–Trinajstić information content (AvgIpc) is 3.26. The summed E-state index contributed by atoms with van der Waals surface area (Å²) < 4.78 is 11.1. The number of amides is 2. The third kappa shape index (κ3) is 6.42. The molecule has 4 rings (SSSR count). The van der Waals surface area contributed by atoms with Crippen LogP contribution in [0.25, 0.3) is 0 Å². The van der Waals surface area contributed by atoms with E-state index in [1.807, 2.05) is 24.3 Å². The molecule has 0 saturated heterocycles. The van der Waals surface area contributed by atoms with Gasteiger partial charge < -0.3 is 20.1 Å². The smallest absolute Gasteiger partial charge is 0.341 e. The Bertz CT molecular complexity index is 1300. The maximum atomic E-state index is 13.1. The number of hydrogen-bond donors (Lipinski definition) is 2. The van der Waals surface area contributed by atoms with E-state index in [4.69, 9.17) is 9.47 Å². The summed E-state index contributed by atoms with van der Waals surface area (Å²) in [5, 5.41) is 6.31. The van der Waals surface area contributed by atoms with E-state index in [-0.39, 0.29) is 18.4 Å². The number of carbonyl (C=O) groups excluding carboxylic acids is 3. The largest absolute Gasteiger partial charge is 0.481 e. The molecule has 8 heteroatoms. The summed E-state index contributed by atoms with van der Waals surface area (Å²) in [6.45, 7) is 7.99. The van der Waals surface area contributed by atoms with E-state index >= 15 is 0 Å². The summed E-state index contributed by atoms with van der Waals surface area (Å²) in [6.07, 6.45) is 2.91. The van der Waals surface area contributed by atoms with Crippen molar-refractivity contribution in [2.45, 2.75) is 59.5 Å². The first kappa shape index (κ1) is 27.4. The van der Waals surface area contributed by atoms with Crippen LogP contribution in [0.3, 0.4) is 0 Å². The molecule has 7 nitrogen and oxygen atoms in total. The van der Waals surface area contributed by atoms with E-state index in [9.17, 15) is 14.4 Å². The maximum absolute atomic E-state index is 13.1. The van der Waals surface area contributed by atoms with Gasteiger partial charge in [-0.2, -0.15) is 0 Å². The lowest BCUT2D eigenvalue weighted by atomic mass is 9.88. The Morgan fingerprint density at radius 1 is 1.03 bits per heavy atom. The van der Waals surface area contributed by atoms with Gasteiger partial charge in [0.05, 0.1) is 12.2 Å². The quantitative estimate of drug-likeness (QED) is 0.316. The van der Waals surface area contributed by atoms with Crippen molar-refractivity contribution in [3.63, 3.8) is 0 Å². The molecule has 200 valence electrons. The first-order valence-corrected chi connectivity index (χ1v) is 13.9. The predicted molar refractivity (Wildman–Crippen MR) is 150 cm³/mol. The number of benzene rings is 2. The Labute approximate surface area is 227 Å². The van der Waals surface area contributed by atoms with Crippen molar-refractivity contribution >= 4 is 39.8 Å². The summed E-state index contributed by atoms with van der Waals surface area (Å²) in [5.74, 6) is 0.0254. The molecule has 1 aliphatic rings. The Kier molecular flexibility index (Phi) is 8.84. The van der Waals surface area contributed by atoms with E-state index in [0.717, 1.165) is 36.1 Å². The Morgan fingerprint density at radius 3 is 2.39 bits per heavy atom. The molecule has 0 aliphatic heterocycles. The van der Waals surface area contributed by atoms with Crippen LogP contribution in [0.5, 0.6) is 5.75 Å². The number of nitrogens with one attached hydrogen (secondary N) is 2. The van der Waals surface area contributed by atoms with Crippen LogP contribution >= 0.6 is 11.3 Å². The number of carbonyl (C=O) groups is 3. The van der Waals surface area contributed by atoms with Crippen LogP contribution in [0.2, 0.25) is 0 Å². The van der Waals surface area contributed by atoms with Crippen LogP contribution in [0.1, 0.15) is 70.8 Å². The molecule has 38 heavy (non-hydrogen) atoms. The minimum atomic E-state index is -0.729. The van der Waals surface area contributed by atoms with Gasteiger partial charge in [-0.05, 0) is 93.0 Å². The number of aryl methyl sites for hydroxylation is 1. The van der Waals surface area contributed by atoms with Crippen molar-refractivity contribution in [3.8, 4) is 5.75 Å². The van der Waals surface area contributed by atoms with Gasteiger partial charge in [-0.1, -0.05) is 26.0 Å². The number of thiophene rings is 1. The molecule has 0 saturated carbocycles. The zero-order valence-electron chi connectivity index (χ0n) is 22.3. The standard InChI is InChI=1S/C30H34N2O5S/c1-5-20-8-12-22(13-9-20)31-27(33)19(4)37-23-14-10-21(11-15-23)28(34)32-29-26(30(35)36-6-2)24-16-7-18(3)17-25(24)38-29/h8-15,18-19H,5-7,16-17H2,1-4H3,(H,31,33)(H,32,34). The van der Waals surface area contributed by atoms with E-state index < -0.39 is 12.1 Å². The lowest BCUT2D eigenvalue weighted by Gasteiger charge is -2.18. The summed E-state index contributed by atoms with van der Waals surface area (Å²) >= 11 is 1.46. The highest BCUT2D eigenvalue weighted by atomic mass is 32.1. The van der Waals surface area contributed by atoms with Gasteiger partial charge >= 0.3 is 5.97 Å². The molecule has 2 N–H and O–H groups in total. The van der Waals surface area contributed by atoms with Gasteiger partial charge in [0.2, 0.25) is 0 Å². The Hall–Kier alpha value is -3.65. The molecule has 2 amide bonds. The number of anilines is 2. The van der Waals surface area contributed by atoms with Crippen LogP contribution in [-0.2, 0) is 28.8 Å². The molecule has 2 aromatic carbocycles. The van der Waals surface area contributed by atoms with E-state index in [1.165, 1.54) is 16.9 Å². The summed E-state index contributed by atoms with van der Waals surface area (Å²) in [5.41, 5.74) is 3.80. The van der Waals surface area contributed by atoms with Crippen molar-refractivity contribution in [1.29, 1.82) is 0 Å². The van der Waals surface area contributed by atoms with Crippen LogP contribution in [0, 0.1) is 5.92 Å². The lowest BCUT2D eigenvalue weighted by molar-refractivity contribution is -0.122. The zero-order valence-corrected chi connectivity index (χ0v) is 23.1. The molecule has 0 spiro atoms. The second-order valence-corrected chi connectivity index (χ2v) is 10.7. The van der Waals surface area contributed by atoms with Gasteiger partial charge in [0.1, 0.15) is 10.8 Å². The second-order valence-electron chi connectivity index (χ2n) is 9.55. The van der Waals surface area contributed by atoms with Gasteiger partial charge in [0.15, 0.2) is 6.10 Å². The lowest BCUT2D eigenvalue weighted by Crippen LogP contribution is -2.30. The molecule has 2 atom stereocenters. The first-order valence-electron chi connectivity index (χ1n) is 13.1. The van der Waals surface area contributed by atoms with E-state index in [1.54, 1.807) is 38.1 Å². The minimum absolute atomic E-state index is 0.265. The minimum Gasteiger partial charge on any atom is -0.481 e. The third-order valence-electron chi connectivity index (χ3n) is 6.65. The van der Waals surface area contributed by atoms with Gasteiger partial charge in [0, 0.05) is 16.1 Å². The predicted octanol–water partition coefficient (Wildman–Crippen LogP) is 6.27. The highest BCUT2D eigenvalue weighted by molar-refractivity contribution is 7.17. The molecule has 1 aromatic heterocycles. The summed E-state index contributed by atoms with van der Waals surface area (Å²) in [4.78, 5) is 39.5. The molecule has 3 aromatic rings. The third-order valence-corrected chi connectivity index (χ3v) is 7.82. The number of fused-ring (bicyclic) bond motifs is 1. The molecular weight excluding hydrogens is 500 g/mol. The number of esters is 1. The normalized spacial score (nSPS) is 15.2. The number of hydrogen-bond acceptors (Lipinski definition) is 6. The van der Waals surface area contributed by atoms with Gasteiger partial charge in [-0.15, -0.1) is 11.3 Å². The zero-order chi connectivity index (χ0) is 27.2. The highest BCUT2D eigenvalue weighted by Gasteiger charge is 2.29. The second kappa shape index (κ2) is 12.3. The SMILES string of the molecule is CCOC(=O)c1c(NC(=O)c2ccc(OC(C)C(=O)Nc3ccc(CC)cc3)cc2)sc2c1CCC(C)C2. The van der Waals surface area contributed by atoms with Gasteiger partial charge in [-0.25, -0.2) is 4.79 Å². The number of ether oxygens (including phenoxy) is 2. The molecule has 0 fully saturated rings. The fourth-order valence-corrected chi connectivity index (χ4v) is 5.84. The fourth-order valence-electron chi connectivity index (χ4n) is 4.44. The van der Waals surface area contributed by atoms with Gasteiger partial charge in [-0.3, -0.25) is 9.59 Å². The molecule has 0 radical (unpaired) electrons. The van der Waals surface area contributed by atoms with Crippen molar-refractivity contribution in [2.24, 2.45) is 5.92 Å². The number of rotatable bonds is 9. The average molecular weight is 535 g/mol.